The Morgan fingerprint density at radius 3 is 1.45 bits per heavy atom. The lowest BCUT2D eigenvalue weighted by Gasteiger charge is -2.00. The largest absolute Gasteiger partial charge is 0.272 e. The maximum atomic E-state index is 4.31. The third-order valence-electron chi connectivity index (χ3n) is 3.60. The molecule has 0 aliphatic carbocycles. The lowest BCUT2D eigenvalue weighted by molar-refractivity contribution is 0.740. The van der Waals surface area contributed by atoms with Crippen LogP contribution in [0, 0.1) is 13.8 Å². The van der Waals surface area contributed by atoms with Crippen LogP contribution in [0.3, 0.4) is 0 Å². The van der Waals surface area contributed by atoms with Crippen LogP contribution in [0.5, 0.6) is 0 Å². The number of aryl methyl sites for hydroxylation is 2. The van der Waals surface area contributed by atoms with Gasteiger partial charge >= 0.3 is 0 Å². The Hall–Kier alpha value is -2.24. The predicted octanol–water partition coefficient (Wildman–Crippen LogP) is 2.00. The highest BCUT2D eigenvalue weighted by molar-refractivity contribution is 6.02. The van der Waals surface area contributed by atoms with Gasteiger partial charge in [0.25, 0.3) is 0 Å². The molecule has 0 aromatic carbocycles. The van der Waals surface area contributed by atoms with Crippen molar-refractivity contribution in [2.24, 2.45) is 24.3 Å². The van der Waals surface area contributed by atoms with E-state index in [0.29, 0.717) is 0 Å². The number of hydrogen-bond donors (Lipinski definition) is 0. The lowest BCUT2D eigenvalue weighted by Crippen LogP contribution is -2.01. The predicted molar refractivity (Wildman–Crippen MR) is 80.3 cm³/mol. The number of hydrogen-bond acceptors (Lipinski definition) is 4. The van der Waals surface area contributed by atoms with E-state index < -0.39 is 0 Å². The van der Waals surface area contributed by atoms with E-state index in [9.17, 15) is 0 Å². The Kier molecular flexibility index (Phi) is 3.83. The molecule has 0 saturated carbocycles. The van der Waals surface area contributed by atoms with Crippen molar-refractivity contribution in [3.05, 3.63) is 34.9 Å². The van der Waals surface area contributed by atoms with Crippen LogP contribution < -0.4 is 0 Å². The summed E-state index contributed by atoms with van der Waals surface area (Å²) in [7, 11) is 3.83. The monoisotopic (exact) mass is 272 g/mol. The summed E-state index contributed by atoms with van der Waals surface area (Å²) in [5.41, 5.74) is 5.92. The lowest BCUT2D eigenvalue weighted by atomic mass is 10.2. The van der Waals surface area contributed by atoms with Crippen LogP contribution in [0.15, 0.2) is 22.6 Å². The first kappa shape index (κ1) is 14.2. The van der Waals surface area contributed by atoms with Crippen LogP contribution in [0.2, 0.25) is 0 Å². The van der Waals surface area contributed by atoms with Crippen molar-refractivity contribution in [1.82, 2.24) is 19.6 Å². The Morgan fingerprint density at radius 1 is 0.850 bits per heavy atom. The van der Waals surface area contributed by atoms with Crippen LogP contribution in [-0.4, -0.2) is 31.0 Å². The van der Waals surface area contributed by atoms with E-state index in [1.54, 1.807) is 0 Å². The van der Waals surface area contributed by atoms with Gasteiger partial charge in [-0.3, -0.25) is 9.36 Å². The summed E-state index contributed by atoms with van der Waals surface area (Å²) in [6.45, 7) is 7.92. The quantitative estimate of drug-likeness (QED) is 0.634. The summed E-state index contributed by atoms with van der Waals surface area (Å²) in [4.78, 5) is 0. The molecule has 0 radical (unpaired) electrons. The summed E-state index contributed by atoms with van der Waals surface area (Å²) in [6.07, 6.45) is 3.63. The van der Waals surface area contributed by atoms with Gasteiger partial charge in [0.2, 0.25) is 0 Å². The molecule has 0 spiro atoms. The SMILES string of the molecule is C/C(=N\N=C(/C)c1cnn(C)c1C)c1cnn(C)c1C. The van der Waals surface area contributed by atoms with Gasteiger partial charge in [-0.15, -0.1) is 0 Å². The fourth-order valence-corrected chi connectivity index (χ4v) is 1.97. The number of aromatic nitrogens is 4. The van der Waals surface area contributed by atoms with Gasteiger partial charge in [-0.05, 0) is 27.7 Å². The molecule has 0 unspecified atom stereocenters. The van der Waals surface area contributed by atoms with Gasteiger partial charge < -0.3 is 0 Å². The molecule has 0 aliphatic heterocycles. The molecule has 0 bridgehead atoms. The molecule has 6 nitrogen and oxygen atoms in total. The normalized spacial score (nSPS) is 13.1. The maximum absolute atomic E-state index is 4.31. The first-order valence-corrected chi connectivity index (χ1v) is 6.48. The summed E-state index contributed by atoms with van der Waals surface area (Å²) in [5.74, 6) is 0. The molecule has 2 aromatic heterocycles. The Balaban J connectivity index is 2.29. The molecule has 20 heavy (non-hydrogen) atoms. The second-order valence-electron chi connectivity index (χ2n) is 4.91. The minimum absolute atomic E-state index is 0.858. The summed E-state index contributed by atoms with van der Waals surface area (Å²) in [5, 5.41) is 17.0. The highest BCUT2D eigenvalue weighted by Gasteiger charge is 2.08. The van der Waals surface area contributed by atoms with E-state index in [0.717, 1.165) is 33.9 Å². The molecule has 106 valence electrons. The van der Waals surface area contributed by atoms with Crippen molar-refractivity contribution in [3.8, 4) is 0 Å². The maximum Gasteiger partial charge on any atom is 0.0706 e. The average molecular weight is 272 g/mol. The molecule has 0 saturated heterocycles. The summed E-state index contributed by atoms with van der Waals surface area (Å²) in [6, 6.07) is 0. The zero-order valence-electron chi connectivity index (χ0n) is 12.8. The van der Waals surface area contributed by atoms with Gasteiger partial charge in [0, 0.05) is 36.6 Å². The Morgan fingerprint density at radius 2 is 1.20 bits per heavy atom. The minimum Gasteiger partial charge on any atom is -0.272 e. The minimum atomic E-state index is 0.858. The Bertz CT molecular complexity index is 626. The molecular weight excluding hydrogens is 252 g/mol. The molecule has 0 atom stereocenters. The van der Waals surface area contributed by atoms with E-state index in [4.69, 9.17) is 0 Å². The van der Waals surface area contributed by atoms with Crippen molar-refractivity contribution >= 4 is 11.4 Å². The zero-order valence-corrected chi connectivity index (χ0v) is 12.8. The van der Waals surface area contributed by atoms with Gasteiger partial charge in [-0.25, -0.2) is 0 Å². The van der Waals surface area contributed by atoms with Crippen LogP contribution in [0.1, 0.15) is 36.4 Å². The first-order chi connectivity index (χ1) is 9.41. The fraction of sp³-hybridized carbons (Fsp3) is 0.429. The average Bonchev–Trinajstić information content (AvgIpc) is 2.92. The zero-order chi connectivity index (χ0) is 14.9. The van der Waals surface area contributed by atoms with Gasteiger partial charge in [0.1, 0.15) is 0 Å². The smallest absolute Gasteiger partial charge is 0.0706 e. The van der Waals surface area contributed by atoms with Gasteiger partial charge in [0.05, 0.1) is 23.8 Å². The highest BCUT2D eigenvalue weighted by Crippen LogP contribution is 2.10. The van der Waals surface area contributed by atoms with Crippen molar-refractivity contribution < 1.29 is 0 Å². The van der Waals surface area contributed by atoms with E-state index in [-0.39, 0.29) is 0 Å². The van der Waals surface area contributed by atoms with Gasteiger partial charge in [-0.2, -0.15) is 20.4 Å². The van der Waals surface area contributed by atoms with Crippen LogP contribution in [0.4, 0.5) is 0 Å². The standard InChI is InChI=1S/C14H20N6/c1-9(13-7-15-19(5)11(13)3)17-18-10(2)14-8-16-20(6)12(14)4/h7-8H,1-6H3/b17-9+,18-10+. The highest BCUT2D eigenvalue weighted by atomic mass is 15.3. The molecule has 2 rings (SSSR count). The molecule has 2 aromatic rings. The van der Waals surface area contributed by atoms with Crippen LogP contribution in [-0.2, 0) is 14.1 Å². The number of nitrogens with zero attached hydrogens (tertiary/aromatic N) is 6. The summed E-state index contributed by atoms with van der Waals surface area (Å²) >= 11 is 0. The molecule has 6 heteroatoms. The number of rotatable bonds is 3. The van der Waals surface area contributed by atoms with E-state index in [1.165, 1.54) is 0 Å². The van der Waals surface area contributed by atoms with Crippen molar-refractivity contribution in [2.75, 3.05) is 0 Å². The molecular formula is C14H20N6. The second-order valence-corrected chi connectivity index (χ2v) is 4.91. The van der Waals surface area contributed by atoms with E-state index in [2.05, 4.69) is 20.4 Å². The molecule has 2 heterocycles. The third kappa shape index (κ3) is 2.54. The Labute approximate surface area is 118 Å². The van der Waals surface area contributed by atoms with Crippen molar-refractivity contribution in [2.45, 2.75) is 27.7 Å². The van der Waals surface area contributed by atoms with E-state index >= 15 is 0 Å². The van der Waals surface area contributed by atoms with Crippen molar-refractivity contribution in [1.29, 1.82) is 0 Å². The molecule has 0 amide bonds. The molecule has 0 N–H and O–H groups in total. The van der Waals surface area contributed by atoms with Crippen LogP contribution in [0.25, 0.3) is 0 Å². The van der Waals surface area contributed by atoms with E-state index in [1.807, 2.05) is 63.5 Å². The molecule has 0 aliphatic rings. The van der Waals surface area contributed by atoms with Gasteiger partial charge in [-0.1, -0.05) is 0 Å². The molecule has 0 fully saturated rings. The van der Waals surface area contributed by atoms with Crippen LogP contribution >= 0.6 is 0 Å². The van der Waals surface area contributed by atoms with Gasteiger partial charge in [0.15, 0.2) is 0 Å². The summed E-state index contributed by atoms with van der Waals surface area (Å²) < 4.78 is 3.66. The second kappa shape index (κ2) is 5.40. The van der Waals surface area contributed by atoms with Crippen molar-refractivity contribution in [3.63, 3.8) is 0 Å². The fourth-order valence-electron chi connectivity index (χ4n) is 1.97. The topological polar surface area (TPSA) is 60.4 Å². The first-order valence-electron chi connectivity index (χ1n) is 6.48. The third-order valence-corrected chi connectivity index (χ3v) is 3.60.